The standard InChI is InChI=1S/C6H11F2N/c1-2-3-4-5(9)6(7)8/h2,5-6H,1,3-4,9H2. The van der Waals surface area contributed by atoms with Crippen LogP contribution in [0.1, 0.15) is 12.8 Å². The fraction of sp³-hybridized carbons (Fsp3) is 0.667. The van der Waals surface area contributed by atoms with Gasteiger partial charge in [-0.1, -0.05) is 6.08 Å². The maximum absolute atomic E-state index is 11.6. The van der Waals surface area contributed by atoms with Gasteiger partial charge in [0.05, 0.1) is 6.04 Å². The Morgan fingerprint density at radius 2 is 2.11 bits per heavy atom. The first kappa shape index (κ1) is 8.56. The summed E-state index contributed by atoms with van der Waals surface area (Å²) in [4.78, 5) is 0. The van der Waals surface area contributed by atoms with Gasteiger partial charge >= 0.3 is 0 Å². The number of nitrogens with two attached hydrogens (primary N) is 1. The largest absolute Gasteiger partial charge is 0.323 e. The van der Waals surface area contributed by atoms with Crippen LogP contribution in [0.3, 0.4) is 0 Å². The average Bonchev–Trinajstić information content (AvgIpc) is 1.82. The van der Waals surface area contributed by atoms with Crippen LogP contribution >= 0.6 is 0 Å². The molecule has 0 aromatic carbocycles. The van der Waals surface area contributed by atoms with E-state index >= 15 is 0 Å². The van der Waals surface area contributed by atoms with Crippen molar-refractivity contribution >= 4 is 0 Å². The molecular formula is C6H11F2N. The van der Waals surface area contributed by atoms with E-state index in [4.69, 9.17) is 5.73 Å². The summed E-state index contributed by atoms with van der Waals surface area (Å²) in [5.74, 6) is 0. The summed E-state index contributed by atoms with van der Waals surface area (Å²) < 4.78 is 23.2. The molecule has 1 atom stereocenters. The second kappa shape index (κ2) is 4.44. The number of hydrogen-bond acceptors (Lipinski definition) is 1. The minimum Gasteiger partial charge on any atom is -0.323 e. The van der Waals surface area contributed by atoms with Crippen molar-refractivity contribution in [3.8, 4) is 0 Å². The molecule has 0 aliphatic carbocycles. The van der Waals surface area contributed by atoms with E-state index in [2.05, 4.69) is 6.58 Å². The third-order valence-corrected chi connectivity index (χ3v) is 1.03. The summed E-state index contributed by atoms with van der Waals surface area (Å²) in [6.45, 7) is 3.39. The second-order valence-corrected chi connectivity index (χ2v) is 1.86. The Hall–Kier alpha value is -0.440. The molecule has 0 fully saturated rings. The van der Waals surface area contributed by atoms with E-state index in [0.717, 1.165) is 0 Å². The van der Waals surface area contributed by atoms with Gasteiger partial charge < -0.3 is 5.73 Å². The lowest BCUT2D eigenvalue weighted by molar-refractivity contribution is 0.112. The lowest BCUT2D eigenvalue weighted by atomic mass is 10.2. The maximum Gasteiger partial charge on any atom is 0.253 e. The molecule has 0 aromatic rings. The zero-order chi connectivity index (χ0) is 7.28. The van der Waals surface area contributed by atoms with E-state index in [9.17, 15) is 8.78 Å². The molecular weight excluding hydrogens is 124 g/mol. The van der Waals surface area contributed by atoms with Crippen molar-refractivity contribution in [1.29, 1.82) is 0 Å². The van der Waals surface area contributed by atoms with Crippen LogP contribution in [0.5, 0.6) is 0 Å². The third kappa shape index (κ3) is 4.09. The minimum atomic E-state index is -2.40. The highest BCUT2D eigenvalue weighted by atomic mass is 19.3. The van der Waals surface area contributed by atoms with Gasteiger partial charge in [0.15, 0.2) is 0 Å². The Balaban J connectivity index is 3.26. The number of halogens is 2. The second-order valence-electron chi connectivity index (χ2n) is 1.86. The monoisotopic (exact) mass is 135 g/mol. The van der Waals surface area contributed by atoms with Crippen molar-refractivity contribution in [3.05, 3.63) is 12.7 Å². The lowest BCUT2D eigenvalue weighted by Gasteiger charge is -2.06. The van der Waals surface area contributed by atoms with Crippen molar-refractivity contribution in [2.75, 3.05) is 0 Å². The van der Waals surface area contributed by atoms with E-state index in [1.165, 1.54) is 0 Å². The smallest absolute Gasteiger partial charge is 0.253 e. The van der Waals surface area contributed by atoms with Gasteiger partial charge in [0.25, 0.3) is 6.43 Å². The van der Waals surface area contributed by atoms with Crippen LogP contribution in [-0.2, 0) is 0 Å². The molecule has 0 heterocycles. The summed E-state index contributed by atoms with van der Waals surface area (Å²) in [5.41, 5.74) is 5.00. The summed E-state index contributed by atoms with van der Waals surface area (Å²) in [6.07, 6.45) is 0.0690. The number of alkyl halides is 2. The van der Waals surface area contributed by atoms with E-state index in [1.807, 2.05) is 0 Å². The zero-order valence-corrected chi connectivity index (χ0v) is 5.19. The van der Waals surface area contributed by atoms with Crippen molar-refractivity contribution in [2.24, 2.45) is 5.73 Å². The topological polar surface area (TPSA) is 26.0 Å². The van der Waals surface area contributed by atoms with Gasteiger partial charge in [0, 0.05) is 0 Å². The molecule has 54 valence electrons. The molecule has 0 spiro atoms. The molecule has 0 aromatic heterocycles. The Morgan fingerprint density at radius 1 is 1.56 bits per heavy atom. The fourth-order valence-corrected chi connectivity index (χ4v) is 0.436. The van der Waals surface area contributed by atoms with E-state index in [-0.39, 0.29) is 0 Å². The van der Waals surface area contributed by atoms with Crippen molar-refractivity contribution in [1.82, 2.24) is 0 Å². The molecule has 0 aliphatic heterocycles. The minimum absolute atomic E-state index is 0.321. The van der Waals surface area contributed by atoms with E-state index < -0.39 is 12.5 Å². The first-order valence-electron chi connectivity index (χ1n) is 2.83. The Morgan fingerprint density at radius 3 is 2.44 bits per heavy atom. The quantitative estimate of drug-likeness (QED) is 0.581. The van der Waals surface area contributed by atoms with Gasteiger partial charge in [0.1, 0.15) is 0 Å². The third-order valence-electron chi connectivity index (χ3n) is 1.03. The molecule has 0 saturated carbocycles. The van der Waals surface area contributed by atoms with Gasteiger partial charge in [-0.15, -0.1) is 6.58 Å². The van der Waals surface area contributed by atoms with Crippen LogP contribution in [0.25, 0.3) is 0 Å². The Labute approximate surface area is 53.5 Å². The Bertz CT molecular complexity index is 83.1. The molecule has 0 amide bonds. The summed E-state index contributed by atoms with van der Waals surface area (Å²) >= 11 is 0. The van der Waals surface area contributed by atoms with Crippen LogP contribution in [0, 0.1) is 0 Å². The molecule has 0 bridgehead atoms. The summed E-state index contributed by atoms with van der Waals surface area (Å²) in [5, 5.41) is 0. The summed E-state index contributed by atoms with van der Waals surface area (Å²) in [6, 6.07) is -0.983. The van der Waals surface area contributed by atoms with Crippen molar-refractivity contribution in [3.63, 3.8) is 0 Å². The molecule has 1 unspecified atom stereocenters. The van der Waals surface area contributed by atoms with Crippen molar-refractivity contribution < 1.29 is 8.78 Å². The predicted molar refractivity (Wildman–Crippen MR) is 33.4 cm³/mol. The molecule has 9 heavy (non-hydrogen) atoms. The van der Waals surface area contributed by atoms with E-state index in [1.54, 1.807) is 6.08 Å². The normalized spacial score (nSPS) is 13.8. The predicted octanol–water partition coefficient (Wildman–Crippen LogP) is 1.54. The molecule has 2 N–H and O–H groups in total. The van der Waals surface area contributed by atoms with Gasteiger partial charge in [-0.2, -0.15) is 0 Å². The van der Waals surface area contributed by atoms with Gasteiger partial charge in [-0.3, -0.25) is 0 Å². The van der Waals surface area contributed by atoms with Crippen LogP contribution in [0.4, 0.5) is 8.78 Å². The zero-order valence-electron chi connectivity index (χ0n) is 5.19. The highest BCUT2D eigenvalue weighted by Crippen LogP contribution is 2.04. The number of rotatable bonds is 4. The fourth-order valence-electron chi connectivity index (χ4n) is 0.436. The molecule has 0 radical (unpaired) electrons. The van der Waals surface area contributed by atoms with Crippen LogP contribution in [0.15, 0.2) is 12.7 Å². The van der Waals surface area contributed by atoms with Crippen LogP contribution < -0.4 is 5.73 Å². The SMILES string of the molecule is C=CCCC(N)C(F)F. The summed E-state index contributed by atoms with van der Waals surface area (Å²) in [7, 11) is 0. The highest BCUT2D eigenvalue weighted by Gasteiger charge is 2.12. The molecule has 1 nitrogen and oxygen atoms in total. The van der Waals surface area contributed by atoms with E-state index in [0.29, 0.717) is 12.8 Å². The van der Waals surface area contributed by atoms with Crippen LogP contribution in [-0.4, -0.2) is 12.5 Å². The van der Waals surface area contributed by atoms with Crippen LogP contribution in [0.2, 0.25) is 0 Å². The first-order valence-corrected chi connectivity index (χ1v) is 2.83. The number of hydrogen-bond donors (Lipinski definition) is 1. The van der Waals surface area contributed by atoms with Gasteiger partial charge in [-0.05, 0) is 12.8 Å². The average molecular weight is 135 g/mol. The van der Waals surface area contributed by atoms with Gasteiger partial charge in [0.2, 0.25) is 0 Å². The molecule has 3 heteroatoms. The first-order chi connectivity index (χ1) is 4.18. The Kier molecular flexibility index (Phi) is 4.22. The highest BCUT2D eigenvalue weighted by molar-refractivity contribution is 4.72. The molecule has 0 aliphatic rings. The van der Waals surface area contributed by atoms with Gasteiger partial charge in [-0.25, -0.2) is 8.78 Å². The molecule has 0 rings (SSSR count). The molecule has 0 saturated heterocycles. The maximum atomic E-state index is 11.6. The number of allylic oxidation sites excluding steroid dienone is 1. The lowest BCUT2D eigenvalue weighted by Crippen LogP contribution is -2.27. The van der Waals surface area contributed by atoms with Crippen molar-refractivity contribution in [2.45, 2.75) is 25.3 Å².